The lowest BCUT2D eigenvalue weighted by Crippen LogP contribution is -2.42. The van der Waals surface area contributed by atoms with Crippen molar-refractivity contribution in [2.45, 2.75) is 45.1 Å². The third-order valence-electron chi connectivity index (χ3n) is 3.81. The highest BCUT2D eigenvalue weighted by molar-refractivity contribution is 5.97. The second-order valence-electron chi connectivity index (χ2n) is 5.20. The molecule has 1 aromatic carbocycles. The molecule has 1 saturated heterocycles. The quantitative estimate of drug-likeness (QED) is 0.740. The average molecular weight is 245 g/mol. The summed E-state index contributed by atoms with van der Waals surface area (Å²) >= 11 is 0. The van der Waals surface area contributed by atoms with Crippen LogP contribution in [0.5, 0.6) is 0 Å². The minimum absolute atomic E-state index is 0.263. The SMILES string of the molecule is CCCC1CCCCN1CC(=O)c1ccccc1. The number of ketones is 1. The molecule has 0 radical (unpaired) electrons. The third-order valence-corrected chi connectivity index (χ3v) is 3.81. The lowest BCUT2D eigenvalue weighted by Gasteiger charge is -2.35. The van der Waals surface area contributed by atoms with Gasteiger partial charge in [0.15, 0.2) is 5.78 Å². The van der Waals surface area contributed by atoms with E-state index < -0.39 is 0 Å². The first-order valence-electron chi connectivity index (χ1n) is 7.13. The van der Waals surface area contributed by atoms with Gasteiger partial charge < -0.3 is 0 Å². The Morgan fingerprint density at radius 3 is 2.78 bits per heavy atom. The molecule has 1 heterocycles. The van der Waals surface area contributed by atoms with Crippen molar-refractivity contribution in [3.63, 3.8) is 0 Å². The highest BCUT2D eigenvalue weighted by atomic mass is 16.1. The van der Waals surface area contributed by atoms with Gasteiger partial charge in [0.05, 0.1) is 6.54 Å². The number of nitrogens with zero attached hydrogens (tertiary/aromatic N) is 1. The molecule has 18 heavy (non-hydrogen) atoms. The molecule has 2 rings (SSSR count). The van der Waals surface area contributed by atoms with E-state index in [9.17, 15) is 4.79 Å². The molecule has 1 aliphatic rings. The van der Waals surface area contributed by atoms with E-state index in [1.54, 1.807) is 0 Å². The van der Waals surface area contributed by atoms with Crippen molar-refractivity contribution in [1.82, 2.24) is 4.90 Å². The van der Waals surface area contributed by atoms with E-state index in [1.165, 1.54) is 32.1 Å². The van der Waals surface area contributed by atoms with Crippen molar-refractivity contribution in [3.8, 4) is 0 Å². The molecule has 0 N–H and O–H groups in total. The number of hydrogen-bond acceptors (Lipinski definition) is 2. The monoisotopic (exact) mass is 245 g/mol. The lowest BCUT2D eigenvalue weighted by atomic mass is 9.97. The van der Waals surface area contributed by atoms with Gasteiger partial charge in [0, 0.05) is 11.6 Å². The van der Waals surface area contributed by atoms with Crippen LogP contribution in [0.1, 0.15) is 49.4 Å². The molecule has 0 bridgehead atoms. The molecule has 1 aliphatic heterocycles. The Morgan fingerprint density at radius 1 is 1.28 bits per heavy atom. The van der Waals surface area contributed by atoms with Gasteiger partial charge in [-0.2, -0.15) is 0 Å². The first-order valence-corrected chi connectivity index (χ1v) is 7.13. The van der Waals surface area contributed by atoms with E-state index in [0.29, 0.717) is 12.6 Å². The second kappa shape index (κ2) is 6.69. The minimum Gasteiger partial charge on any atom is -0.293 e. The van der Waals surface area contributed by atoms with Crippen molar-refractivity contribution >= 4 is 5.78 Å². The first-order chi connectivity index (χ1) is 8.81. The molecular formula is C16H23NO. The zero-order chi connectivity index (χ0) is 12.8. The maximum absolute atomic E-state index is 12.2. The smallest absolute Gasteiger partial charge is 0.176 e. The topological polar surface area (TPSA) is 20.3 Å². The Kier molecular flexibility index (Phi) is 4.94. The predicted octanol–water partition coefficient (Wildman–Crippen LogP) is 3.52. The Hall–Kier alpha value is -1.15. The van der Waals surface area contributed by atoms with Crippen LogP contribution < -0.4 is 0 Å². The van der Waals surface area contributed by atoms with Gasteiger partial charge in [-0.15, -0.1) is 0 Å². The van der Waals surface area contributed by atoms with Gasteiger partial charge in [-0.1, -0.05) is 50.1 Å². The third kappa shape index (κ3) is 3.42. The largest absolute Gasteiger partial charge is 0.293 e. The molecule has 0 saturated carbocycles. The molecule has 0 spiro atoms. The number of piperidine rings is 1. The van der Waals surface area contributed by atoms with Gasteiger partial charge >= 0.3 is 0 Å². The molecular weight excluding hydrogens is 222 g/mol. The van der Waals surface area contributed by atoms with Crippen LogP contribution in [0, 0.1) is 0 Å². The maximum Gasteiger partial charge on any atom is 0.176 e. The van der Waals surface area contributed by atoms with Crippen molar-refractivity contribution < 1.29 is 4.79 Å². The van der Waals surface area contributed by atoms with Gasteiger partial charge in [-0.3, -0.25) is 9.69 Å². The molecule has 1 aromatic rings. The molecule has 2 nitrogen and oxygen atoms in total. The summed E-state index contributed by atoms with van der Waals surface area (Å²) in [6.45, 7) is 3.91. The Bertz CT molecular complexity index is 372. The molecule has 1 fully saturated rings. The van der Waals surface area contributed by atoms with Gasteiger partial charge in [0.1, 0.15) is 0 Å². The van der Waals surface area contributed by atoms with Crippen LogP contribution >= 0.6 is 0 Å². The van der Waals surface area contributed by atoms with Gasteiger partial charge in [0.25, 0.3) is 0 Å². The number of Topliss-reactive ketones (excluding diaryl/α,β-unsaturated/α-hetero) is 1. The second-order valence-corrected chi connectivity index (χ2v) is 5.20. The number of rotatable bonds is 5. The molecule has 0 aliphatic carbocycles. The Labute approximate surface area is 110 Å². The van der Waals surface area contributed by atoms with Crippen LogP contribution in [0.15, 0.2) is 30.3 Å². The normalized spacial score (nSPS) is 20.8. The van der Waals surface area contributed by atoms with Crippen LogP contribution in [0.25, 0.3) is 0 Å². The standard InChI is InChI=1S/C16H23NO/c1-2-8-15-11-6-7-12-17(15)13-16(18)14-9-4-3-5-10-14/h3-5,9-10,15H,2,6-8,11-13H2,1H3. The van der Waals surface area contributed by atoms with Crippen molar-refractivity contribution in [3.05, 3.63) is 35.9 Å². The van der Waals surface area contributed by atoms with Crippen LogP contribution in [-0.4, -0.2) is 29.8 Å². The summed E-state index contributed by atoms with van der Waals surface area (Å²) in [4.78, 5) is 14.6. The minimum atomic E-state index is 0.263. The predicted molar refractivity (Wildman–Crippen MR) is 74.9 cm³/mol. The fourth-order valence-corrected chi connectivity index (χ4v) is 2.83. The lowest BCUT2D eigenvalue weighted by molar-refractivity contribution is 0.0831. The van der Waals surface area contributed by atoms with Crippen molar-refractivity contribution in [2.75, 3.05) is 13.1 Å². The fourth-order valence-electron chi connectivity index (χ4n) is 2.83. The molecule has 0 amide bonds. The van der Waals surface area contributed by atoms with Crippen LogP contribution in [0.2, 0.25) is 0 Å². The zero-order valence-corrected chi connectivity index (χ0v) is 11.3. The number of carbonyl (C=O) groups is 1. The Morgan fingerprint density at radius 2 is 2.06 bits per heavy atom. The van der Waals surface area contributed by atoms with Gasteiger partial charge in [-0.05, 0) is 25.8 Å². The highest BCUT2D eigenvalue weighted by Crippen LogP contribution is 2.21. The number of benzene rings is 1. The number of likely N-dealkylation sites (tertiary alicyclic amines) is 1. The average Bonchev–Trinajstić information content (AvgIpc) is 2.42. The number of hydrogen-bond donors (Lipinski definition) is 0. The Balaban J connectivity index is 1.96. The summed E-state index contributed by atoms with van der Waals surface area (Å²) in [5.74, 6) is 0.263. The molecule has 1 atom stereocenters. The molecule has 98 valence electrons. The van der Waals surface area contributed by atoms with E-state index in [1.807, 2.05) is 30.3 Å². The molecule has 0 aromatic heterocycles. The maximum atomic E-state index is 12.2. The highest BCUT2D eigenvalue weighted by Gasteiger charge is 2.23. The van der Waals surface area contributed by atoms with E-state index in [-0.39, 0.29) is 5.78 Å². The summed E-state index contributed by atoms with van der Waals surface area (Å²) in [6.07, 6.45) is 6.25. The zero-order valence-electron chi connectivity index (χ0n) is 11.3. The summed E-state index contributed by atoms with van der Waals surface area (Å²) in [7, 11) is 0. The summed E-state index contributed by atoms with van der Waals surface area (Å²) in [5.41, 5.74) is 0.846. The van der Waals surface area contributed by atoms with Crippen molar-refractivity contribution in [1.29, 1.82) is 0 Å². The fraction of sp³-hybridized carbons (Fsp3) is 0.562. The van der Waals surface area contributed by atoms with E-state index in [0.717, 1.165) is 12.1 Å². The van der Waals surface area contributed by atoms with Crippen LogP contribution in [0.4, 0.5) is 0 Å². The van der Waals surface area contributed by atoms with E-state index in [2.05, 4.69) is 11.8 Å². The van der Waals surface area contributed by atoms with Crippen molar-refractivity contribution in [2.24, 2.45) is 0 Å². The number of carbonyl (C=O) groups excluding carboxylic acids is 1. The van der Waals surface area contributed by atoms with Gasteiger partial charge in [-0.25, -0.2) is 0 Å². The van der Waals surface area contributed by atoms with Crippen LogP contribution in [-0.2, 0) is 0 Å². The molecule has 1 unspecified atom stereocenters. The molecule has 2 heteroatoms. The van der Waals surface area contributed by atoms with Crippen LogP contribution in [0.3, 0.4) is 0 Å². The van der Waals surface area contributed by atoms with E-state index in [4.69, 9.17) is 0 Å². The summed E-state index contributed by atoms with van der Waals surface area (Å²) in [5, 5.41) is 0. The first kappa shape index (κ1) is 13.3. The summed E-state index contributed by atoms with van der Waals surface area (Å²) in [6, 6.07) is 10.3. The van der Waals surface area contributed by atoms with Gasteiger partial charge in [0.2, 0.25) is 0 Å². The van der Waals surface area contributed by atoms with E-state index >= 15 is 0 Å². The summed E-state index contributed by atoms with van der Waals surface area (Å²) < 4.78 is 0.